The van der Waals surface area contributed by atoms with E-state index in [9.17, 15) is 20.4 Å². The highest BCUT2D eigenvalue weighted by atomic mass is 16.3. The maximum absolute atomic E-state index is 11.1. The molecule has 4 unspecified atom stereocenters. The first-order valence-corrected chi connectivity index (χ1v) is 24.3. The van der Waals surface area contributed by atoms with Gasteiger partial charge in [0.25, 0.3) is 0 Å². The van der Waals surface area contributed by atoms with Crippen LogP contribution in [0.3, 0.4) is 0 Å². The Balaban J connectivity index is 1.37. The van der Waals surface area contributed by atoms with Gasteiger partial charge in [-0.3, -0.25) is 0 Å². The quantitative estimate of drug-likeness (QED) is 0.0962. The molecule has 4 nitrogen and oxygen atoms in total. The minimum Gasteiger partial charge on any atom is -0.508 e. The van der Waals surface area contributed by atoms with Crippen molar-refractivity contribution in [2.45, 2.75) is 188 Å². The summed E-state index contributed by atoms with van der Waals surface area (Å²) in [5.74, 6) is 4.24. The molecule has 2 saturated carbocycles. The number of aromatic hydroxyl groups is 4. The maximum atomic E-state index is 11.1. The van der Waals surface area contributed by atoms with Gasteiger partial charge in [-0.05, 0) is 193 Å². The lowest BCUT2D eigenvalue weighted by Crippen LogP contribution is -2.47. The Morgan fingerprint density at radius 2 is 0.672 bits per heavy atom. The molecular formula is C57H80O4. The lowest BCUT2D eigenvalue weighted by atomic mass is 9.50. The van der Waals surface area contributed by atoms with Crippen LogP contribution < -0.4 is 0 Å². The molecular weight excluding hydrogens is 749 g/mol. The summed E-state index contributed by atoms with van der Waals surface area (Å²) in [5, 5.41) is 44.3. The molecule has 4 N–H and O–H groups in total. The van der Waals surface area contributed by atoms with Gasteiger partial charge in [0.2, 0.25) is 0 Å². The van der Waals surface area contributed by atoms with Gasteiger partial charge in [-0.1, -0.05) is 125 Å². The maximum Gasteiger partial charge on any atom is 0.119 e. The molecule has 0 saturated heterocycles. The van der Waals surface area contributed by atoms with Crippen LogP contribution in [0.1, 0.15) is 221 Å². The van der Waals surface area contributed by atoms with Crippen LogP contribution in [0.4, 0.5) is 0 Å². The predicted octanol–water partition coefficient (Wildman–Crippen LogP) is 15.9. The molecule has 0 amide bonds. The second-order valence-electron chi connectivity index (χ2n) is 20.6. The third kappa shape index (κ3) is 8.60. The Kier molecular flexibility index (Phi) is 14.4. The van der Waals surface area contributed by atoms with E-state index in [4.69, 9.17) is 0 Å². The second kappa shape index (κ2) is 18.8. The van der Waals surface area contributed by atoms with Crippen molar-refractivity contribution in [1.82, 2.24) is 0 Å². The summed E-state index contributed by atoms with van der Waals surface area (Å²) in [4.78, 5) is 0. The molecule has 2 aliphatic rings. The van der Waals surface area contributed by atoms with Crippen LogP contribution in [0.25, 0.3) is 0 Å². The van der Waals surface area contributed by atoms with Gasteiger partial charge < -0.3 is 20.4 Å². The molecule has 4 atom stereocenters. The minimum atomic E-state index is -0.208. The first kappa shape index (κ1) is 46.6. The minimum absolute atomic E-state index is 0.139. The van der Waals surface area contributed by atoms with E-state index in [-0.39, 0.29) is 39.9 Å². The van der Waals surface area contributed by atoms with Gasteiger partial charge >= 0.3 is 0 Å². The molecule has 6 rings (SSSR count). The fourth-order valence-corrected chi connectivity index (χ4v) is 12.1. The Labute approximate surface area is 370 Å². The van der Waals surface area contributed by atoms with Gasteiger partial charge in [-0.2, -0.15) is 0 Å². The van der Waals surface area contributed by atoms with E-state index < -0.39 is 0 Å². The molecule has 0 radical (unpaired) electrons. The third-order valence-corrected chi connectivity index (χ3v) is 17.6. The molecule has 332 valence electrons. The average Bonchev–Trinajstić information content (AvgIpc) is 3.28. The van der Waals surface area contributed by atoms with Gasteiger partial charge in [-0.25, -0.2) is 0 Å². The summed E-state index contributed by atoms with van der Waals surface area (Å²) in [7, 11) is 0. The van der Waals surface area contributed by atoms with E-state index in [1.807, 2.05) is 24.3 Å². The highest BCUT2D eigenvalue weighted by Gasteiger charge is 2.51. The molecule has 0 aliphatic heterocycles. The number of hydrogen-bond acceptors (Lipinski definition) is 4. The average molecular weight is 829 g/mol. The van der Waals surface area contributed by atoms with E-state index in [1.165, 1.54) is 22.3 Å². The topological polar surface area (TPSA) is 80.9 Å². The molecule has 0 bridgehead atoms. The van der Waals surface area contributed by atoms with Crippen LogP contribution in [0.5, 0.6) is 23.0 Å². The largest absolute Gasteiger partial charge is 0.508 e. The van der Waals surface area contributed by atoms with Crippen LogP contribution in [0, 0.1) is 23.2 Å². The van der Waals surface area contributed by atoms with Crippen molar-refractivity contribution >= 4 is 0 Å². The zero-order valence-corrected chi connectivity index (χ0v) is 39.7. The lowest BCUT2D eigenvalue weighted by molar-refractivity contribution is -0.0185. The molecule has 61 heavy (non-hydrogen) atoms. The monoisotopic (exact) mass is 829 g/mol. The Hall–Kier alpha value is -3.92. The van der Waals surface area contributed by atoms with E-state index in [0.29, 0.717) is 40.8 Å². The van der Waals surface area contributed by atoms with E-state index in [2.05, 4.69) is 125 Å². The molecule has 0 aromatic heterocycles. The zero-order valence-electron chi connectivity index (χ0n) is 39.7. The van der Waals surface area contributed by atoms with Crippen LogP contribution in [-0.2, 0) is 10.8 Å². The van der Waals surface area contributed by atoms with E-state index in [0.717, 1.165) is 99.3 Å². The van der Waals surface area contributed by atoms with E-state index >= 15 is 0 Å². The third-order valence-electron chi connectivity index (χ3n) is 17.6. The smallest absolute Gasteiger partial charge is 0.119 e. The van der Waals surface area contributed by atoms with Gasteiger partial charge in [-0.15, -0.1) is 0 Å². The molecule has 0 heterocycles. The van der Waals surface area contributed by atoms with Crippen molar-refractivity contribution in [1.29, 1.82) is 0 Å². The number of phenolic OH excluding ortho intramolecular Hbond substituents is 4. The number of phenols is 4. The standard InChI is InChI=1S/C57H80O4/c1-12-37(7)47-32-43(16-20-51(47)58)56(44-17-21-52(59)48(33-44)38(8)13-2)28-24-41(25-29-56)55(11,36(5)6)42-26-30-57(31-27-42,45-18-22-53(60)49(34-45)39(9)14-3)46-19-23-54(61)50(35-46)40(10)15-4/h16-23,32-42,58-61H,12-15,24-31H2,1-11H3. The number of rotatable bonds is 15. The highest BCUT2D eigenvalue weighted by molar-refractivity contribution is 5.52. The first-order chi connectivity index (χ1) is 29.0. The summed E-state index contributed by atoms with van der Waals surface area (Å²) < 4.78 is 0. The van der Waals surface area contributed by atoms with Gasteiger partial charge in [0.15, 0.2) is 0 Å². The van der Waals surface area contributed by atoms with Gasteiger partial charge in [0.05, 0.1) is 0 Å². The predicted molar refractivity (Wildman–Crippen MR) is 256 cm³/mol. The Bertz CT molecular complexity index is 1830. The van der Waals surface area contributed by atoms with Crippen molar-refractivity contribution in [2.75, 3.05) is 0 Å². The van der Waals surface area contributed by atoms with Crippen molar-refractivity contribution in [2.24, 2.45) is 23.2 Å². The molecule has 4 heteroatoms. The zero-order chi connectivity index (χ0) is 44.4. The van der Waals surface area contributed by atoms with Gasteiger partial charge in [0.1, 0.15) is 23.0 Å². The number of hydrogen-bond donors (Lipinski definition) is 4. The summed E-state index contributed by atoms with van der Waals surface area (Å²) in [6, 6.07) is 25.7. The summed E-state index contributed by atoms with van der Waals surface area (Å²) in [5.41, 5.74) is 9.06. The van der Waals surface area contributed by atoms with Crippen molar-refractivity contribution in [3.8, 4) is 23.0 Å². The van der Waals surface area contributed by atoms with Crippen LogP contribution in [-0.4, -0.2) is 20.4 Å². The van der Waals surface area contributed by atoms with E-state index in [1.54, 1.807) is 0 Å². The fraction of sp³-hybridized carbons (Fsp3) is 0.579. The molecule has 2 aliphatic carbocycles. The SMILES string of the molecule is CCC(C)c1cc(C2(c3ccc(O)c(C(C)CC)c3)CCC(C(C)(C(C)C)C3CCC(c4ccc(O)c(C(C)CC)c4)(c4ccc(O)c(C(C)CC)c4)CC3)CC2)ccc1O. The second-order valence-corrected chi connectivity index (χ2v) is 20.6. The molecule has 4 aromatic rings. The van der Waals surface area contributed by atoms with Crippen molar-refractivity contribution < 1.29 is 20.4 Å². The lowest BCUT2D eigenvalue weighted by Gasteiger charge is -2.55. The summed E-state index contributed by atoms with van der Waals surface area (Å²) in [6.45, 7) is 25.2. The van der Waals surface area contributed by atoms with Crippen molar-refractivity contribution in [3.63, 3.8) is 0 Å². The van der Waals surface area contributed by atoms with Crippen LogP contribution in [0.15, 0.2) is 72.8 Å². The van der Waals surface area contributed by atoms with Crippen molar-refractivity contribution in [3.05, 3.63) is 117 Å². The fourth-order valence-electron chi connectivity index (χ4n) is 12.1. The van der Waals surface area contributed by atoms with Crippen LogP contribution in [0.2, 0.25) is 0 Å². The summed E-state index contributed by atoms with van der Waals surface area (Å²) in [6.07, 6.45) is 12.5. The number of benzene rings is 4. The van der Waals surface area contributed by atoms with Crippen LogP contribution >= 0.6 is 0 Å². The Morgan fingerprint density at radius 1 is 0.443 bits per heavy atom. The Morgan fingerprint density at radius 3 is 0.869 bits per heavy atom. The molecule has 2 fully saturated rings. The highest BCUT2D eigenvalue weighted by Crippen LogP contribution is 2.60. The molecule has 4 aromatic carbocycles. The normalized spacial score (nSPS) is 25.1. The van der Waals surface area contributed by atoms with Gasteiger partial charge in [0, 0.05) is 10.8 Å². The summed E-state index contributed by atoms with van der Waals surface area (Å²) >= 11 is 0. The molecule has 0 spiro atoms. The first-order valence-electron chi connectivity index (χ1n) is 24.3.